The zero-order valence-electron chi connectivity index (χ0n) is 7.57. The summed E-state index contributed by atoms with van der Waals surface area (Å²) < 4.78 is 0. The average Bonchev–Trinajstić information content (AvgIpc) is 2.82. The van der Waals surface area contributed by atoms with Crippen LogP contribution in [0.5, 0.6) is 0 Å². The van der Waals surface area contributed by atoms with Crippen LogP contribution in [0.1, 0.15) is 35.7 Å². The Kier molecular flexibility index (Phi) is 2.67. The molecule has 3 N–H and O–H groups in total. The highest BCUT2D eigenvalue weighted by Gasteiger charge is 2.24. The van der Waals surface area contributed by atoms with Gasteiger partial charge in [0, 0.05) is 10.9 Å². The van der Waals surface area contributed by atoms with Crippen molar-refractivity contribution in [1.82, 2.24) is 0 Å². The van der Waals surface area contributed by atoms with E-state index in [-0.39, 0.29) is 12.6 Å². The van der Waals surface area contributed by atoms with Crippen molar-refractivity contribution in [2.24, 2.45) is 11.7 Å². The molecule has 2 rings (SSSR count). The quantitative estimate of drug-likeness (QED) is 0.776. The minimum Gasteiger partial charge on any atom is -0.391 e. The fraction of sp³-hybridized carbons (Fsp3) is 0.600. The molecule has 0 aliphatic heterocycles. The highest BCUT2D eigenvalue weighted by molar-refractivity contribution is 7.10. The fourth-order valence-electron chi connectivity index (χ4n) is 1.52. The molecule has 1 aromatic heterocycles. The molecular weight excluding hydrogens is 182 g/mol. The van der Waals surface area contributed by atoms with Gasteiger partial charge in [-0.25, -0.2) is 0 Å². The van der Waals surface area contributed by atoms with Crippen LogP contribution in [0.25, 0.3) is 0 Å². The van der Waals surface area contributed by atoms with E-state index in [4.69, 9.17) is 10.8 Å². The van der Waals surface area contributed by atoms with Crippen molar-refractivity contribution in [3.63, 3.8) is 0 Å². The second kappa shape index (κ2) is 3.78. The Balaban J connectivity index is 1.96. The van der Waals surface area contributed by atoms with Crippen molar-refractivity contribution in [2.75, 3.05) is 0 Å². The Morgan fingerprint density at radius 2 is 2.38 bits per heavy atom. The molecule has 1 atom stereocenters. The van der Waals surface area contributed by atoms with Crippen LogP contribution in [0, 0.1) is 5.92 Å². The molecule has 0 amide bonds. The van der Waals surface area contributed by atoms with E-state index in [9.17, 15) is 0 Å². The van der Waals surface area contributed by atoms with Crippen LogP contribution < -0.4 is 5.73 Å². The fourth-order valence-corrected chi connectivity index (χ4v) is 2.33. The number of aliphatic hydroxyl groups excluding tert-OH is 1. The molecule has 1 heterocycles. The maximum absolute atomic E-state index is 8.90. The van der Waals surface area contributed by atoms with E-state index < -0.39 is 0 Å². The Bertz CT molecular complexity index is 280. The Hall–Kier alpha value is -0.380. The minimum absolute atomic E-state index is 0.140. The van der Waals surface area contributed by atoms with Crippen LogP contribution >= 0.6 is 11.3 Å². The number of rotatable bonds is 4. The van der Waals surface area contributed by atoms with Crippen molar-refractivity contribution >= 4 is 11.3 Å². The van der Waals surface area contributed by atoms with Gasteiger partial charge in [-0.3, -0.25) is 0 Å². The van der Waals surface area contributed by atoms with Crippen molar-refractivity contribution < 1.29 is 5.11 Å². The van der Waals surface area contributed by atoms with Gasteiger partial charge in [-0.2, -0.15) is 0 Å². The summed E-state index contributed by atoms with van der Waals surface area (Å²) in [4.78, 5) is 1.02. The van der Waals surface area contributed by atoms with E-state index in [1.165, 1.54) is 18.4 Å². The van der Waals surface area contributed by atoms with Crippen molar-refractivity contribution in [2.45, 2.75) is 31.9 Å². The summed E-state index contributed by atoms with van der Waals surface area (Å²) in [6.07, 6.45) is 3.82. The van der Waals surface area contributed by atoms with Crippen LogP contribution in [-0.2, 0) is 6.61 Å². The highest BCUT2D eigenvalue weighted by atomic mass is 32.1. The van der Waals surface area contributed by atoms with Crippen LogP contribution in [0.4, 0.5) is 0 Å². The summed E-state index contributed by atoms with van der Waals surface area (Å²) in [5.41, 5.74) is 7.22. The number of aliphatic hydroxyl groups is 1. The van der Waals surface area contributed by atoms with Crippen molar-refractivity contribution in [3.05, 3.63) is 21.9 Å². The molecule has 0 radical (unpaired) electrons. The van der Waals surface area contributed by atoms with Gasteiger partial charge in [0.2, 0.25) is 0 Å². The highest BCUT2D eigenvalue weighted by Crippen LogP contribution is 2.37. The van der Waals surface area contributed by atoms with E-state index >= 15 is 0 Å². The molecule has 1 aromatic rings. The first-order chi connectivity index (χ1) is 6.29. The summed E-state index contributed by atoms with van der Waals surface area (Å²) in [6, 6.07) is 2.21. The van der Waals surface area contributed by atoms with Gasteiger partial charge in [-0.05, 0) is 29.3 Å². The SMILES string of the molecule is NC(CC1CC1)c1csc(CO)c1. The Labute approximate surface area is 82.4 Å². The first kappa shape index (κ1) is 9.19. The van der Waals surface area contributed by atoms with Crippen LogP contribution in [0.2, 0.25) is 0 Å². The lowest BCUT2D eigenvalue weighted by Gasteiger charge is -2.07. The standard InChI is InChI=1S/C10H15NOS/c11-10(3-7-1-2-7)8-4-9(5-12)13-6-8/h4,6-7,10,12H,1-3,5,11H2. The monoisotopic (exact) mass is 197 g/mol. The molecule has 3 heteroatoms. The molecular formula is C10H15NOS. The van der Waals surface area contributed by atoms with Gasteiger partial charge >= 0.3 is 0 Å². The van der Waals surface area contributed by atoms with E-state index in [1.54, 1.807) is 11.3 Å². The average molecular weight is 197 g/mol. The van der Waals surface area contributed by atoms with Crippen LogP contribution in [0.15, 0.2) is 11.4 Å². The van der Waals surface area contributed by atoms with Gasteiger partial charge in [-0.15, -0.1) is 11.3 Å². The zero-order valence-corrected chi connectivity index (χ0v) is 8.39. The number of hydrogen-bond acceptors (Lipinski definition) is 3. The maximum atomic E-state index is 8.90. The van der Waals surface area contributed by atoms with E-state index in [2.05, 4.69) is 5.38 Å². The maximum Gasteiger partial charge on any atom is 0.0774 e. The van der Waals surface area contributed by atoms with Crippen LogP contribution in [0.3, 0.4) is 0 Å². The van der Waals surface area contributed by atoms with Crippen molar-refractivity contribution in [1.29, 1.82) is 0 Å². The smallest absolute Gasteiger partial charge is 0.0774 e. The molecule has 0 saturated heterocycles. The lowest BCUT2D eigenvalue weighted by Crippen LogP contribution is -2.09. The van der Waals surface area contributed by atoms with Gasteiger partial charge in [0.1, 0.15) is 0 Å². The summed E-state index contributed by atoms with van der Waals surface area (Å²) in [5, 5.41) is 11.0. The topological polar surface area (TPSA) is 46.2 Å². The third-order valence-electron chi connectivity index (χ3n) is 2.54. The molecule has 0 aromatic carbocycles. The van der Waals surface area contributed by atoms with Crippen LogP contribution in [-0.4, -0.2) is 5.11 Å². The summed E-state index contributed by atoms with van der Waals surface area (Å²) >= 11 is 1.60. The molecule has 72 valence electrons. The molecule has 13 heavy (non-hydrogen) atoms. The summed E-state index contributed by atoms with van der Waals surface area (Å²) in [6.45, 7) is 0.140. The first-order valence-corrected chi connectivity index (χ1v) is 5.61. The van der Waals surface area contributed by atoms with E-state index in [0.717, 1.165) is 17.2 Å². The third-order valence-corrected chi connectivity index (χ3v) is 3.48. The number of thiophene rings is 1. The van der Waals surface area contributed by atoms with Gasteiger partial charge in [0.25, 0.3) is 0 Å². The lowest BCUT2D eigenvalue weighted by molar-refractivity contribution is 0.285. The molecule has 1 aliphatic rings. The molecule has 2 nitrogen and oxygen atoms in total. The van der Waals surface area contributed by atoms with Gasteiger partial charge < -0.3 is 10.8 Å². The molecule has 1 aliphatic carbocycles. The minimum atomic E-state index is 0.140. The summed E-state index contributed by atoms with van der Waals surface area (Å²) in [7, 11) is 0. The molecule has 1 saturated carbocycles. The Morgan fingerprint density at radius 3 is 2.92 bits per heavy atom. The first-order valence-electron chi connectivity index (χ1n) is 4.73. The number of hydrogen-bond donors (Lipinski definition) is 2. The zero-order chi connectivity index (χ0) is 9.26. The third kappa shape index (κ3) is 2.30. The van der Waals surface area contributed by atoms with E-state index in [1.807, 2.05) is 6.07 Å². The predicted molar refractivity (Wildman–Crippen MR) is 54.5 cm³/mol. The predicted octanol–water partition coefficient (Wildman–Crippen LogP) is 2.04. The normalized spacial score (nSPS) is 18.9. The lowest BCUT2D eigenvalue weighted by atomic mass is 10.1. The van der Waals surface area contributed by atoms with Gasteiger partial charge in [0.15, 0.2) is 0 Å². The van der Waals surface area contributed by atoms with Gasteiger partial charge in [0.05, 0.1) is 6.61 Å². The largest absolute Gasteiger partial charge is 0.391 e. The second-order valence-corrected chi connectivity index (χ2v) is 4.79. The van der Waals surface area contributed by atoms with Crippen molar-refractivity contribution in [3.8, 4) is 0 Å². The second-order valence-electron chi connectivity index (χ2n) is 3.79. The summed E-state index contributed by atoms with van der Waals surface area (Å²) in [5.74, 6) is 0.868. The molecule has 1 unspecified atom stereocenters. The molecule has 1 fully saturated rings. The molecule has 0 bridgehead atoms. The molecule has 0 spiro atoms. The number of nitrogens with two attached hydrogens (primary N) is 1. The van der Waals surface area contributed by atoms with Gasteiger partial charge in [-0.1, -0.05) is 12.8 Å². The Morgan fingerprint density at radius 1 is 1.62 bits per heavy atom. The van der Waals surface area contributed by atoms with E-state index in [0.29, 0.717) is 0 Å².